The lowest BCUT2D eigenvalue weighted by atomic mass is 10.0. The van der Waals surface area contributed by atoms with Crippen molar-refractivity contribution in [3.8, 4) is 16.9 Å². The summed E-state index contributed by atoms with van der Waals surface area (Å²) in [6.45, 7) is 14.3. The smallest absolute Gasteiger partial charge is 0.234 e. The van der Waals surface area contributed by atoms with Gasteiger partial charge in [-0.05, 0) is 68.7 Å². The van der Waals surface area contributed by atoms with Crippen LogP contribution in [0, 0.1) is 0 Å². The van der Waals surface area contributed by atoms with Gasteiger partial charge in [0.1, 0.15) is 11.3 Å². The Morgan fingerprint density at radius 3 is 2.49 bits per heavy atom. The molecule has 0 radical (unpaired) electrons. The minimum Gasteiger partial charge on any atom is -0.493 e. The number of hydrogen-bond donors (Lipinski definition) is 1. The maximum absolute atomic E-state index is 12.3. The van der Waals surface area contributed by atoms with Gasteiger partial charge in [-0.15, -0.1) is 0 Å². The van der Waals surface area contributed by atoms with Crippen LogP contribution in [0.4, 0.5) is 0 Å². The molecular weight excluding hydrogens is 512 g/mol. The maximum atomic E-state index is 12.3. The zero-order valence-corrected chi connectivity index (χ0v) is 24.2. The van der Waals surface area contributed by atoms with E-state index in [0.29, 0.717) is 13.2 Å². The SMILES string of the molecule is CCN(CC)CCNC(=O)CN1CCN(CCCCCOc2ccc3c(-c4ccc(Cl)cc4)coc3c2)CC1. The average molecular weight is 555 g/mol. The molecule has 0 aliphatic carbocycles. The molecule has 1 aliphatic heterocycles. The van der Waals surface area contributed by atoms with E-state index >= 15 is 0 Å². The molecule has 0 atom stereocenters. The van der Waals surface area contributed by atoms with Gasteiger partial charge in [0, 0.05) is 61.3 Å². The standard InChI is InChI=1S/C31H43ClN4O3/c1-3-34(4-2)16-14-33-31(37)23-36-19-17-35(18-20-36)15-6-5-7-21-38-27-12-13-28-29(24-39-30(28)22-27)25-8-10-26(32)11-9-25/h8-13,22,24H,3-7,14-21,23H2,1-2H3,(H,33,37). The molecule has 0 saturated carbocycles. The number of halogens is 1. The summed E-state index contributed by atoms with van der Waals surface area (Å²) in [7, 11) is 0. The van der Waals surface area contributed by atoms with Crippen LogP contribution in [0.5, 0.6) is 5.75 Å². The van der Waals surface area contributed by atoms with Gasteiger partial charge in [-0.2, -0.15) is 0 Å². The van der Waals surface area contributed by atoms with E-state index in [-0.39, 0.29) is 5.91 Å². The number of ether oxygens (including phenoxy) is 1. The van der Waals surface area contributed by atoms with Crippen LogP contribution in [-0.4, -0.2) is 92.7 Å². The predicted molar refractivity (Wildman–Crippen MR) is 160 cm³/mol. The van der Waals surface area contributed by atoms with Crippen molar-refractivity contribution < 1.29 is 13.9 Å². The van der Waals surface area contributed by atoms with Gasteiger partial charge in [0.25, 0.3) is 0 Å². The third-order valence-corrected chi connectivity index (χ3v) is 7.82. The maximum Gasteiger partial charge on any atom is 0.234 e. The van der Waals surface area contributed by atoms with Crippen LogP contribution in [0.2, 0.25) is 5.02 Å². The summed E-state index contributed by atoms with van der Waals surface area (Å²) < 4.78 is 11.8. The zero-order valence-electron chi connectivity index (χ0n) is 23.5. The number of amides is 1. The van der Waals surface area contributed by atoms with E-state index in [2.05, 4.69) is 39.9 Å². The van der Waals surface area contributed by atoms with Crippen molar-refractivity contribution in [3.63, 3.8) is 0 Å². The molecule has 4 rings (SSSR count). The van der Waals surface area contributed by atoms with Gasteiger partial charge in [-0.3, -0.25) is 9.69 Å². The second kappa shape index (κ2) is 15.3. The molecule has 3 aromatic rings. The molecule has 1 saturated heterocycles. The number of furan rings is 1. The largest absolute Gasteiger partial charge is 0.493 e. The minimum absolute atomic E-state index is 0.142. The van der Waals surface area contributed by atoms with Gasteiger partial charge in [0.05, 0.1) is 19.4 Å². The molecule has 0 unspecified atom stereocenters. The molecule has 39 heavy (non-hydrogen) atoms. The summed E-state index contributed by atoms with van der Waals surface area (Å²) in [6, 6.07) is 13.8. The monoisotopic (exact) mass is 554 g/mol. The molecule has 1 amide bonds. The number of likely N-dealkylation sites (N-methyl/N-ethyl adjacent to an activating group) is 1. The van der Waals surface area contributed by atoms with E-state index in [0.717, 1.165) is 111 Å². The van der Waals surface area contributed by atoms with Gasteiger partial charge in [-0.25, -0.2) is 0 Å². The lowest BCUT2D eigenvalue weighted by Gasteiger charge is -2.34. The molecule has 1 N–H and O–H groups in total. The number of unbranched alkanes of at least 4 members (excludes halogenated alkanes) is 2. The number of nitrogens with one attached hydrogen (secondary N) is 1. The van der Waals surface area contributed by atoms with Crippen LogP contribution in [0.15, 0.2) is 53.1 Å². The lowest BCUT2D eigenvalue weighted by Crippen LogP contribution is -2.50. The van der Waals surface area contributed by atoms with Crippen molar-refractivity contribution in [2.24, 2.45) is 0 Å². The van der Waals surface area contributed by atoms with Crippen LogP contribution < -0.4 is 10.1 Å². The quantitative estimate of drug-likeness (QED) is 0.255. The van der Waals surface area contributed by atoms with E-state index in [1.807, 2.05) is 36.4 Å². The van der Waals surface area contributed by atoms with Crippen molar-refractivity contribution in [1.29, 1.82) is 0 Å². The number of carbonyl (C=O) groups is 1. The molecule has 2 heterocycles. The van der Waals surface area contributed by atoms with E-state index in [9.17, 15) is 4.79 Å². The van der Waals surface area contributed by atoms with Gasteiger partial charge >= 0.3 is 0 Å². The highest BCUT2D eigenvalue weighted by atomic mass is 35.5. The molecular formula is C31H43ClN4O3. The van der Waals surface area contributed by atoms with Gasteiger partial charge in [0.15, 0.2) is 0 Å². The van der Waals surface area contributed by atoms with E-state index < -0.39 is 0 Å². The first-order chi connectivity index (χ1) is 19.1. The normalized spacial score (nSPS) is 14.8. The Morgan fingerprint density at radius 2 is 1.74 bits per heavy atom. The summed E-state index contributed by atoms with van der Waals surface area (Å²) in [5.41, 5.74) is 2.97. The van der Waals surface area contributed by atoms with Crippen LogP contribution in [-0.2, 0) is 4.79 Å². The average Bonchev–Trinajstić information content (AvgIpc) is 3.37. The number of carbonyl (C=O) groups excluding carboxylic acids is 1. The first kappa shape index (κ1) is 29.4. The highest BCUT2D eigenvalue weighted by Crippen LogP contribution is 2.33. The highest BCUT2D eigenvalue weighted by Gasteiger charge is 2.18. The van der Waals surface area contributed by atoms with Crippen molar-refractivity contribution >= 4 is 28.5 Å². The van der Waals surface area contributed by atoms with Crippen LogP contribution in [0.1, 0.15) is 33.1 Å². The second-order valence-corrected chi connectivity index (χ2v) is 10.7. The lowest BCUT2D eigenvalue weighted by molar-refractivity contribution is -0.122. The third kappa shape index (κ3) is 8.97. The molecule has 2 aromatic carbocycles. The van der Waals surface area contributed by atoms with Crippen LogP contribution in [0.25, 0.3) is 22.1 Å². The summed E-state index contributed by atoms with van der Waals surface area (Å²) in [5, 5.41) is 4.86. The number of rotatable bonds is 15. The summed E-state index contributed by atoms with van der Waals surface area (Å²) >= 11 is 6.02. The number of hydrogen-bond acceptors (Lipinski definition) is 6. The third-order valence-electron chi connectivity index (χ3n) is 7.57. The van der Waals surface area contributed by atoms with Gasteiger partial charge in [0.2, 0.25) is 5.91 Å². The number of nitrogens with zero attached hydrogens (tertiary/aromatic N) is 3. The van der Waals surface area contributed by atoms with Crippen molar-refractivity contribution in [2.75, 3.05) is 72.1 Å². The molecule has 212 valence electrons. The molecule has 1 fully saturated rings. The highest BCUT2D eigenvalue weighted by molar-refractivity contribution is 6.30. The molecule has 8 heteroatoms. The molecule has 1 aliphatic rings. The predicted octanol–water partition coefficient (Wildman–Crippen LogP) is 5.38. The van der Waals surface area contributed by atoms with Crippen molar-refractivity contribution in [1.82, 2.24) is 20.0 Å². The van der Waals surface area contributed by atoms with E-state index in [1.54, 1.807) is 6.26 Å². The molecule has 1 aromatic heterocycles. The van der Waals surface area contributed by atoms with Gasteiger partial charge in [-0.1, -0.05) is 37.6 Å². The van der Waals surface area contributed by atoms with Gasteiger partial charge < -0.3 is 24.3 Å². The molecule has 0 bridgehead atoms. The molecule has 0 spiro atoms. The van der Waals surface area contributed by atoms with Crippen LogP contribution in [0.3, 0.4) is 0 Å². The topological polar surface area (TPSA) is 61.2 Å². The number of benzene rings is 2. The van der Waals surface area contributed by atoms with Crippen LogP contribution >= 0.6 is 11.6 Å². The first-order valence-electron chi connectivity index (χ1n) is 14.4. The first-order valence-corrected chi connectivity index (χ1v) is 14.8. The Hall–Kier alpha value is -2.58. The molecule has 7 nitrogen and oxygen atoms in total. The fourth-order valence-corrected chi connectivity index (χ4v) is 5.20. The summed E-state index contributed by atoms with van der Waals surface area (Å²) in [4.78, 5) is 19.4. The second-order valence-electron chi connectivity index (χ2n) is 10.2. The Bertz CT molecular complexity index is 1150. The Kier molecular flexibility index (Phi) is 11.5. The zero-order chi connectivity index (χ0) is 27.5. The number of piperazine rings is 1. The summed E-state index contributed by atoms with van der Waals surface area (Å²) in [6.07, 6.45) is 5.12. The Morgan fingerprint density at radius 1 is 1.00 bits per heavy atom. The minimum atomic E-state index is 0.142. The Balaban J connectivity index is 1.07. The fraction of sp³-hybridized carbons (Fsp3) is 0.516. The van der Waals surface area contributed by atoms with E-state index in [1.165, 1.54) is 0 Å². The Labute approximate surface area is 238 Å². The van der Waals surface area contributed by atoms with E-state index in [4.69, 9.17) is 20.8 Å². The van der Waals surface area contributed by atoms with Crippen molar-refractivity contribution in [3.05, 3.63) is 53.8 Å². The van der Waals surface area contributed by atoms with Crippen molar-refractivity contribution in [2.45, 2.75) is 33.1 Å². The summed E-state index contributed by atoms with van der Waals surface area (Å²) in [5.74, 6) is 0.983. The fourth-order valence-electron chi connectivity index (χ4n) is 5.08. The number of fused-ring (bicyclic) bond motifs is 1.